The summed E-state index contributed by atoms with van der Waals surface area (Å²) in [4.78, 5) is 7.78. The van der Waals surface area contributed by atoms with E-state index in [1.165, 1.54) is 24.5 Å². The van der Waals surface area contributed by atoms with Crippen LogP contribution in [0, 0.1) is 11.6 Å². The smallest absolute Gasteiger partial charge is 0.237 e. The Hall–Kier alpha value is -2.08. The average Bonchev–Trinajstić information content (AvgIpc) is 2.36. The van der Waals surface area contributed by atoms with Gasteiger partial charge in [-0.25, -0.2) is 9.37 Å². The zero-order chi connectivity index (χ0) is 12.3. The van der Waals surface area contributed by atoms with Crippen LogP contribution in [-0.4, -0.2) is 9.97 Å². The monoisotopic (exact) mass is 237 g/mol. The van der Waals surface area contributed by atoms with Crippen LogP contribution in [0.1, 0.15) is 5.69 Å². The lowest BCUT2D eigenvalue weighted by atomic mass is 10.3. The van der Waals surface area contributed by atoms with E-state index in [0.717, 1.165) is 6.07 Å². The predicted molar refractivity (Wildman–Crippen MR) is 56.4 cm³/mol. The van der Waals surface area contributed by atoms with Crippen LogP contribution in [0.4, 0.5) is 8.78 Å². The highest BCUT2D eigenvalue weighted by Gasteiger charge is 2.10. The van der Waals surface area contributed by atoms with E-state index < -0.39 is 11.6 Å². The van der Waals surface area contributed by atoms with Gasteiger partial charge in [0.25, 0.3) is 0 Å². The van der Waals surface area contributed by atoms with Crippen LogP contribution in [0.3, 0.4) is 0 Å². The van der Waals surface area contributed by atoms with Crippen molar-refractivity contribution in [2.24, 2.45) is 5.73 Å². The van der Waals surface area contributed by atoms with E-state index in [1.54, 1.807) is 0 Å². The van der Waals surface area contributed by atoms with Crippen molar-refractivity contribution in [2.45, 2.75) is 6.54 Å². The summed E-state index contributed by atoms with van der Waals surface area (Å²) in [5.41, 5.74) is 5.92. The molecular formula is C11H9F2N3O. The van der Waals surface area contributed by atoms with Gasteiger partial charge in [0.15, 0.2) is 11.6 Å². The molecule has 0 aliphatic heterocycles. The molecule has 2 aromatic rings. The molecule has 0 radical (unpaired) electrons. The second-order valence-electron chi connectivity index (χ2n) is 3.20. The Balaban J connectivity index is 2.22. The minimum atomic E-state index is -1.06. The largest absolute Gasteiger partial charge is 0.434 e. The van der Waals surface area contributed by atoms with E-state index in [9.17, 15) is 8.78 Å². The normalized spacial score (nSPS) is 10.3. The number of benzene rings is 1. The first-order valence-electron chi connectivity index (χ1n) is 4.83. The van der Waals surface area contributed by atoms with Gasteiger partial charge in [0, 0.05) is 6.54 Å². The topological polar surface area (TPSA) is 61.0 Å². The molecule has 0 fully saturated rings. The second kappa shape index (κ2) is 4.84. The van der Waals surface area contributed by atoms with Crippen LogP contribution >= 0.6 is 0 Å². The Morgan fingerprint density at radius 1 is 1.18 bits per heavy atom. The molecule has 0 atom stereocenters. The van der Waals surface area contributed by atoms with Crippen molar-refractivity contribution in [1.82, 2.24) is 9.97 Å². The summed E-state index contributed by atoms with van der Waals surface area (Å²) in [5.74, 6) is -2.20. The number of hydrogen-bond donors (Lipinski definition) is 1. The zero-order valence-corrected chi connectivity index (χ0v) is 8.73. The summed E-state index contributed by atoms with van der Waals surface area (Å²) in [6, 6.07) is 3.65. The summed E-state index contributed by atoms with van der Waals surface area (Å²) >= 11 is 0. The maximum absolute atomic E-state index is 13.3. The van der Waals surface area contributed by atoms with Crippen LogP contribution in [0.2, 0.25) is 0 Å². The number of halogens is 2. The van der Waals surface area contributed by atoms with E-state index in [2.05, 4.69) is 9.97 Å². The maximum atomic E-state index is 13.3. The molecule has 6 heteroatoms. The van der Waals surface area contributed by atoms with Crippen molar-refractivity contribution in [3.63, 3.8) is 0 Å². The Bertz CT molecular complexity index is 517. The molecule has 17 heavy (non-hydrogen) atoms. The van der Waals surface area contributed by atoms with E-state index in [0.29, 0.717) is 5.69 Å². The third-order valence-electron chi connectivity index (χ3n) is 2.02. The number of rotatable bonds is 3. The number of nitrogens with zero attached hydrogens (tertiary/aromatic N) is 2. The quantitative estimate of drug-likeness (QED) is 0.886. The van der Waals surface area contributed by atoms with Crippen LogP contribution < -0.4 is 10.5 Å². The van der Waals surface area contributed by atoms with Crippen LogP contribution in [0.25, 0.3) is 0 Å². The van der Waals surface area contributed by atoms with Gasteiger partial charge in [0.05, 0.1) is 18.1 Å². The first-order chi connectivity index (χ1) is 8.20. The molecule has 0 aliphatic carbocycles. The van der Waals surface area contributed by atoms with Gasteiger partial charge in [0.1, 0.15) is 0 Å². The van der Waals surface area contributed by atoms with Crippen molar-refractivity contribution in [1.29, 1.82) is 0 Å². The molecule has 0 unspecified atom stereocenters. The number of hydrogen-bond acceptors (Lipinski definition) is 4. The Labute approximate surface area is 96.1 Å². The first kappa shape index (κ1) is 11.4. The van der Waals surface area contributed by atoms with Gasteiger partial charge in [-0.2, -0.15) is 4.39 Å². The molecule has 2 N–H and O–H groups in total. The number of ether oxygens (including phenoxy) is 1. The minimum Gasteiger partial charge on any atom is -0.434 e. The van der Waals surface area contributed by atoms with Gasteiger partial charge in [-0.3, -0.25) is 4.98 Å². The highest BCUT2D eigenvalue weighted by atomic mass is 19.2. The second-order valence-corrected chi connectivity index (χ2v) is 3.20. The number of aromatic nitrogens is 2. The molecule has 1 aromatic carbocycles. The molecule has 0 spiro atoms. The van der Waals surface area contributed by atoms with E-state index in [4.69, 9.17) is 10.5 Å². The van der Waals surface area contributed by atoms with Gasteiger partial charge in [0.2, 0.25) is 11.7 Å². The summed E-state index contributed by atoms with van der Waals surface area (Å²) in [6.45, 7) is 0.252. The minimum absolute atomic E-state index is 0.0756. The van der Waals surface area contributed by atoms with Crippen molar-refractivity contribution >= 4 is 0 Å². The Morgan fingerprint density at radius 3 is 2.65 bits per heavy atom. The molecule has 0 saturated carbocycles. The van der Waals surface area contributed by atoms with Crippen molar-refractivity contribution in [3.8, 4) is 11.6 Å². The van der Waals surface area contributed by atoms with Crippen molar-refractivity contribution in [3.05, 3.63) is 47.9 Å². The molecule has 0 amide bonds. The molecule has 2 rings (SSSR count). The van der Waals surface area contributed by atoms with Crippen LogP contribution in [0.15, 0.2) is 30.6 Å². The highest BCUT2D eigenvalue weighted by molar-refractivity contribution is 5.28. The fourth-order valence-corrected chi connectivity index (χ4v) is 1.18. The maximum Gasteiger partial charge on any atom is 0.237 e. The van der Waals surface area contributed by atoms with Gasteiger partial charge in [-0.1, -0.05) is 6.07 Å². The average molecular weight is 237 g/mol. The summed E-state index contributed by atoms with van der Waals surface area (Å²) in [5, 5.41) is 0. The summed E-state index contributed by atoms with van der Waals surface area (Å²) < 4.78 is 31.2. The number of nitrogens with two attached hydrogens (primary N) is 1. The van der Waals surface area contributed by atoms with Crippen LogP contribution in [-0.2, 0) is 6.54 Å². The summed E-state index contributed by atoms with van der Waals surface area (Å²) in [7, 11) is 0. The zero-order valence-electron chi connectivity index (χ0n) is 8.73. The molecule has 4 nitrogen and oxygen atoms in total. The van der Waals surface area contributed by atoms with Gasteiger partial charge in [-0.05, 0) is 12.1 Å². The van der Waals surface area contributed by atoms with E-state index in [1.807, 2.05) is 0 Å². The third-order valence-corrected chi connectivity index (χ3v) is 2.02. The Morgan fingerprint density at radius 2 is 2.00 bits per heavy atom. The fourth-order valence-electron chi connectivity index (χ4n) is 1.18. The summed E-state index contributed by atoms with van der Waals surface area (Å²) in [6.07, 6.45) is 2.71. The SMILES string of the molecule is NCc1cnc(Oc2cccc(F)c2F)cn1. The van der Waals surface area contributed by atoms with Crippen molar-refractivity contribution < 1.29 is 13.5 Å². The molecule has 0 aliphatic rings. The predicted octanol–water partition coefficient (Wildman–Crippen LogP) is 2.01. The standard InChI is InChI=1S/C11H9F2N3O/c12-8-2-1-3-9(11(8)13)17-10-6-15-7(4-14)5-16-10/h1-3,5-6H,4,14H2. The molecule has 0 bridgehead atoms. The third kappa shape index (κ3) is 2.54. The van der Waals surface area contributed by atoms with Crippen LogP contribution in [0.5, 0.6) is 11.6 Å². The highest BCUT2D eigenvalue weighted by Crippen LogP contribution is 2.23. The molecule has 88 valence electrons. The Kier molecular flexibility index (Phi) is 3.24. The lowest BCUT2D eigenvalue weighted by Gasteiger charge is -2.05. The van der Waals surface area contributed by atoms with Gasteiger partial charge in [-0.15, -0.1) is 0 Å². The lowest BCUT2D eigenvalue weighted by molar-refractivity contribution is 0.403. The first-order valence-corrected chi connectivity index (χ1v) is 4.83. The van der Waals surface area contributed by atoms with E-state index in [-0.39, 0.29) is 18.2 Å². The fraction of sp³-hybridized carbons (Fsp3) is 0.0909. The lowest BCUT2D eigenvalue weighted by Crippen LogP contribution is -2.01. The van der Waals surface area contributed by atoms with E-state index >= 15 is 0 Å². The molecule has 1 aromatic heterocycles. The molecule has 1 heterocycles. The molecule has 0 saturated heterocycles. The molecular weight excluding hydrogens is 228 g/mol. The van der Waals surface area contributed by atoms with Crippen molar-refractivity contribution in [2.75, 3.05) is 0 Å². The van der Waals surface area contributed by atoms with Gasteiger partial charge < -0.3 is 10.5 Å². The van der Waals surface area contributed by atoms with Gasteiger partial charge >= 0.3 is 0 Å².